The molecule has 3 N–H and O–H groups in total. The van der Waals surface area contributed by atoms with Crippen molar-refractivity contribution >= 4 is 24.0 Å². The summed E-state index contributed by atoms with van der Waals surface area (Å²) in [5.41, 5.74) is 5.89. The third-order valence-electron chi connectivity index (χ3n) is 3.62. The lowest BCUT2D eigenvalue weighted by Gasteiger charge is -2.20. The number of carbonyl (C=O) groups is 1. The summed E-state index contributed by atoms with van der Waals surface area (Å²) in [6.07, 6.45) is 1.02. The van der Waals surface area contributed by atoms with Gasteiger partial charge in [0.05, 0.1) is 12.2 Å². The Labute approximate surface area is 124 Å². The highest BCUT2D eigenvalue weighted by atomic mass is 35.5. The molecule has 1 fully saturated rings. The number of halogens is 2. The maximum atomic E-state index is 13.4. The molecule has 1 aromatic carbocycles. The Balaban J connectivity index is 0.00000200. The van der Waals surface area contributed by atoms with Crippen molar-refractivity contribution < 1.29 is 9.18 Å². The minimum Gasteiger partial charge on any atom is -0.330 e. The van der Waals surface area contributed by atoms with Gasteiger partial charge in [0, 0.05) is 12.6 Å². The molecule has 112 valence electrons. The summed E-state index contributed by atoms with van der Waals surface area (Å²) in [4.78, 5) is 14.0. The molecule has 1 aromatic rings. The number of nitrogens with zero attached hydrogens (tertiary/aromatic N) is 1. The molecule has 1 saturated heterocycles. The van der Waals surface area contributed by atoms with Crippen molar-refractivity contribution in [1.29, 1.82) is 0 Å². The van der Waals surface area contributed by atoms with Gasteiger partial charge in [-0.3, -0.25) is 9.69 Å². The molecule has 0 aliphatic carbocycles. The highest BCUT2D eigenvalue weighted by Gasteiger charge is 2.29. The van der Waals surface area contributed by atoms with Gasteiger partial charge >= 0.3 is 0 Å². The van der Waals surface area contributed by atoms with Crippen LogP contribution in [0.1, 0.15) is 13.3 Å². The van der Waals surface area contributed by atoms with Crippen molar-refractivity contribution in [3.05, 3.63) is 30.1 Å². The SMILES string of the molecule is CC1CC(CN)CN1CC(=O)Nc1ccccc1F.Cl. The number of nitrogens with one attached hydrogen (secondary N) is 1. The third kappa shape index (κ3) is 4.16. The largest absolute Gasteiger partial charge is 0.330 e. The number of para-hydroxylation sites is 1. The van der Waals surface area contributed by atoms with Crippen LogP contribution in [0.5, 0.6) is 0 Å². The van der Waals surface area contributed by atoms with E-state index >= 15 is 0 Å². The average Bonchev–Trinajstić information content (AvgIpc) is 2.73. The highest BCUT2D eigenvalue weighted by molar-refractivity contribution is 5.92. The van der Waals surface area contributed by atoms with Crippen molar-refractivity contribution in [2.75, 3.05) is 25.0 Å². The number of rotatable bonds is 4. The summed E-state index contributed by atoms with van der Waals surface area (Å²) in [6, 6.07) is 6.53. The summed E-state index contributed by atoms with van der Waals surface area (Å²) in [7, 11) is 0. The third-order valence-corrected chi connectivity index (χ3v) is 3.62. The van der Waals surface area contributed by atoms with E-state index in [2.05, 4.69) is 17.1 Å². The lowest BCUT2D eigenvalue weighted by Crippen LogP contribution is -2.36. The minimum atomic E-state index is -0.412. The first-order valence-electron chi connectivity index (χ1n) is 6.58. The van der Waals surface area contributed by atoms with Crippen LogP contribution in [0.15, 0.2) is 24.3 Å². The molecule has 2 unspecified atom stereocenters. The molecule has 0 bridgehead atoms. The fourth-order valence-corrected chi connectivity index (χ4v) is 2.55. The zero-order chi connectivity index (χ0) is 13.8. The maximum absolute atomic E-state index is 13.4. The molecule has 0 saturated carbocycles. The van der Waals surface area contributed by atoms with E-state index in [4.69, 9.17) is 5.73 Å². The summed E-state index contributed by atoms with van der Waals surface area (Å²) in [6.45, 7) is 3.86. The normalized spacial score (nSPS) is 22.4. The number of nitrogens with two attached hydrogens (primary N) is 1. The van der Waals surface area contributed by atoms with E-state index < -0.39 is 5.82 Å². The van der Waals surface area contributed by atoms with Gasteiger partial charge < -0.3 is 11.1 Å². The van der Waals surface area contributed by atoms with Gasteiger partial charge in [-0.25, -0.2) is 4.39 Å². The number of anilines is 1. The van der Waals surface area contributed by atoms with Crippen molar-refractivity contribution in [3.63, 3.8) is 0 Å². The van der Waals surface area contributed by atoms with E-state index in [0.717, 1.165) is 13.0 Å². The molecule has 1 amide bonds. The second-order valence-corrected chi connectivity index (χ2v) is 5.14. The van der Waals surface area contributed by atoms with Crippen molar-refractivity contribution in [3.8, 4) is 0 Å². The molecule has 20 heavy (non-hydrogen) atoms. The van der Waals surface area contributed by atoms with Gasteiger partial charge in [-0.2, -0.15) is 0 Å². The topological polar surface area (TPSA) is 58.4 Å². The second-order valence-electron chi connectivity index (χ2n) is 5.14. The van der Waals surface area contributed by atoms with Crippen LogP contribution in [0.4, 0.5) is 10.1 Å². The smallest absolute Gasteiger partial charge is 0.238 e. The zero-order valence-corrected chi connectivity index (χ0v) is 12.3. The fourth-order valence-electron chi connectivity index (χ4n) is 2.55. The van der Waals surface area contributed by atoms with Gasteiger partial charge in [-0.05, 0) is 37.9 Å². The van der Waals surface area contributed by atoms with E-state index in [9.17, 15) is 9.18 Å². The van der Waals surface area contributed by atoms with Crippen LogP contribution < -0.4 is 11.1 Å². The molecule has 6 heteroatoms. The minimum absolute atomic E-state index is 0. The lowest BCUT2D eigenvalue weighted by atomic mass is 10.1. The zero-order valence-electron chi connectivity index (χ0n) is 11.5. The molecule has 1 heterocycles. The molecule has 2 rings (SSSR count). The first kappa shape index (κ1) is 16.9. The summed E-state index contributed by atoms with van der Waals surface area (Å²) >= 11 is 0. The maximum Gasteiger partial charge on any atom is 0.238 e. The Bertz CT molecular complexity index is 458. The molecular weight excluding hydrogens is 281 g/mol. The van der Waals surface area contributed by atoms with Crippen LogP contribution in [0.3, 0.4) is 0 Å². The van der Waals surface area contributed by atoms with Gasteiger partial charge in [0.15, 0.2) is 0 Å². The lowest BCUT2D eigenvalue weighted by molar-refractivity contribution is -0.117. The molecule has 0 spiro atoms. The second kappa shape index (κ2) is 7.57. The van der Waals surface area contributed by atoms with Gasteiger partial charge in [0.25, 0.3) is 0 Å². The van der Waals surface area contributed by atoms with E-state index in [-0.39, 0.29) is 30.5 Å². The molecule has 1 aliphatic rings. The van der Waals surface area contributed by atoms with Crippen LogP contribution in [0.25, 0.3) is 0 Å². The summed E-state index contributed by atoms with van der Waals surface area (Å²) in [5, 5.41) is 2.60. The van der Waals surface area contributed by atoms with Crippen LogP contribution in [0, 0.1) is 11.7 Å². The van der Waals surface area contributed by atoms with Crippen LogP contribution in [-0.2, 0) is 4.79 Å². The van der Waals surface area contributed by atoms with Crippen LogP contribution >= 0.6 is 12.4 Å². The Morgan fingerprint density at radius 2 is 2.20 bits per heavy atom. The van der Waals surface area contributed by atoms with E-state index in [1.54, 1.807) is 18.2 Å². The molecule has 4 nitrogen and oxygen atoms in total. The molecule has 1 aliphatic heterocycles. The summed E-state index contributed by atoms with van der Waals surface area (Å²) in [5.74, 6) is -0.143. The van der Waals surface area contributed by atoms with Crippen LogP contribution in [0.2, 0.25) is 0 Å². The van der Waals surface area contributed by atoms with Gasteiger partial charge in [-0.15, -0.1) is 12.4 Å². The Morgan fingerprint density at radius 3 is 2.80 bits per heavy atom. The first-order valence-corrected chi connectivity index (χ1v) is 6.58. The highest BCUT2D eigenvalue weighted by Crippen LogP contribution is 2.21. The monoisotopic (exact) mass is 301 g/mol. The Morgan fingerprint density at radius 1 is 1.50 bits per heavy atom. The number of likely N-dealkylation sites (tertiary alicyclic amines) is 1. The molecular formula is C14H21ClFN3O. The van der Waals surface area contributed by atoms with Crippen molar-refractivity contribution in [1.82, 2.24) is 4.90 Å². The number of carbonyl (C=O) groups excluding carboxylic acids is 1. The van der Waals surface area contributed by atoms with E-state index in [1.165, 1.54) is 6.07 Å². The van der Waals surface area contributed by atoms with Crippen molar-refractivity contribution in [2.45, 2.75) is 19.4 Å². The van der Waals surface area contributed by atoms with E-state index in [0.29, 0.717) is 18.5 Å². The van der Waals surface area contributed by atoms with Crippen molar-refractivity contribution in [2.24, 2.45) is 11.7 Å². The standard InChI is InChI=1S/C14H20FN3O.ClH/c1-10-6-11(7-16)8-18(10)9-14(19)17-13-5-3-2-4-12(13)15;/h2-5,10-11H,6-9,16H2,1H3,(H,17,19);1H. The fraction of sp³-hybridized carbons (Fsp3) is 0.500. The van der Waals surface area contributed by atoms with Gasteiger partial charge in [0.2, 0.25) is 5.91 Å². The number of benzene rings is 1. The average molecular weight is 302 g/mol. The van der Waals surface area contributed by atoms with Crippen LogP contribution in [-0.4, -0.2) is 36.5 Å². The number of hydrogen-bond acceptors (Lipinski definition) is 3. The molecule has 0 radical (unpaired) electrons. The molecule has 0 aromatic heterocycles. The predicted molar refractivity (Wildman–Crippen MR) is 80.5 cm³/mol. The van der Waals surface area contributed by atoms with Gasteiger partial charge in [-0.1, -0.05) is 12.1 Å². The van der Waals surface area contributed by atoms with E-state index in [1.807, 2.05) is 0 Å². The van der Waals surface area contributed by atoms with Gasteiger partial charge in [0.1, 0.15) is 5.82 Å². The molecule has 2 atom stereocenters. The quantitative estimate of drug-likeness (QED) is 0.892. The number of amides is 1. The number of hydrogen-bond donors (Lipinski definition) is 2. The summed E-state index contributed by atoms with van der Waals surface area (Å²) < 4.78 is 13.4. The Hall–Kier alpha value is -1.17. The Kier molecular flexibility index (Phi) is 6.39. The predicted octanol–water partition coefficient (Wildman–Crippen LogP) is 1.86. The first-order chi connectivity index (χ1) is 9.10.